The smallest absolute Gasteiger partial charge is 0.171 e. The molecule has 0 fully saturated rings. The van der Waals surface area contributed by atoms with Crippen molar-refractivity contribution in [3.05, 3.63) is 17.5 Å². The first-order chi connectivity index (χ1) is 7.77. The standard InChI is InChI=1S/C11H18ClN3O/c1-2-3-9(4-7-16)8-15-11-10(12)13-5-6-14-11/h5-6,9,16H,2-4,7-8H2,1H3,(H,14,15). The van der Waals surface area contributed by atoms with Gasteiger partial charge < -0.3 is 10.4 Å². The zero-order valence-electron chi connectivity index (χ0n) is 9.49. The van der Waals surface area contributed by atoms with Crippen molar-refractivity contribution in [2.45, 2.75) is 26.2 Å². The minimum Gasteiger partial charge on any atom is -0.396 e. The van der Waals surface area contributed by atoms with E-state index in [9.17, 15) is 0 Å². The minimum atomic E-state index is 0.223. The molecule has 0 amide bonds. The molecular formula is C11H18ClN3O. The van der Waals surface area contributed by atoms with E-state index < -0.39 is 0 Å². The van der Waals surface area contributed by atoms with Gasteiger partial charge in [0.15, 0.2) is 11.0 Å². The number of aliphatic hydroxyl groups is 1. The summed E-state index contributed by atoms with van der Waals surface area (Å²) in [7, 11) is 0. The van der Waals surface area contributed by atoms with Crippen LogP contribution in [0.25, 0.3) is 0 Å². The molecule has 0 aliphatic heterocycles. The monoisotopic (exact) mass is 243 g/mol. The summed E-state index contributed by atoms with van der Waals surface area (Å²) in [4.78, 5) is 8.04. The van der Waals surface area contributed by atoms with Crippen LogP contribution in [-0.2, 0) is 0 Å². The molecule has 0 aliphatic rings. The molecule has 2 N–H and O–H groups in total. The van der Waals surface area contributed by atoms with Crippen LogP contribution in [0.2, 0.25) is 5.15 Å². The van der Waals surface area contributed by atoms with Gasteiger partial charge in [0.25, 0.3) is 0 Å². The van der Waals surface area contributed by atoms with Crippen molar-refractivity contribution in [2.24, 2.45) is 5.92 Å². The van der Waals surface area contributed by atoms with E-state index in [1.807, 2.05) is 0 Å². The summed E-state index contributed by atoms with van der Waals surface area (Å²) < 4.78 is 0. The van der Waals surface area contributed by atoms with Crippen LogP contribution in [0.5, 0.6) is 0 Å². The van der Waals surface area contributed by atoms with Crippen LogP contribution in [0.1, 0.15) is 26.2 Å². The number of anilines is 1. The minimum absolute atomic E-state index is 0.223. The molecule has 90 valence electrons. The maximum absolute atomic E-state index is 8.93. The highest BCUT2D eigenvalue weighted by Crippen LogP contribution is 2.17. The van der Waals surface area contributed by atoms with Crippen molar-refractivity contribution in [1.29, 1.82) is 0 Å². The number of halogens is 1. The topological polar surface area (TPSA) is 58.0 Å². The molecule has 16 heavy (non-hydrogen) atoms. The van der Waals surface area contributed by atoms with Crippen LogP contribution < -0.4 is 5.32 Å². The molecule has 1 unspecified atom stereocenters. The van der Waals surface area contributed by atoms with E-state index in [0.29, 0.717) is 16.9 Å². The second kappa shape index (κ2) is 7.41. The predicted octanol–water partition coefficient (Wildman–Crippen LogP) is 2.34. The third kappa shape index (κ3) is 4.33. The zero-order chi connectivity index (χ0) is 11.8. The Morgan fingerprint density at radius 3 is 2.75 bits per heavy atom. The molecule has 0 spiro atoms. The Balaban J connectivity index is 2.45. The third-order valence-corrected chi connectivity index (χ3v) is 2.72. The van der Waals surface area contributed by atoms with Crippen LogP contribution in [0.3, 0.4) is 0 Å². The van der Waals surface area contributed by atoms with Gasteiger partial charge in [-0.05, 0) is 18.8 Å². The van der Waals surface area contributed by atoms with Crippen LogP contribution in [0.15, 0.2) is 12.4 Å². The van der Waals surface area contributed by atoms with E-state index >= 15 is 0 Å². The average molecular weight is 244 g/mol. The Hall–Kier alpha value is -0.870. The van der Waals surface area contributed by atoms with Crippen molar-refractivity contribution in [3.8, 4) is 0 Å². The van der Waals surface area contributed by atoms with Gasteiger partial charge in [-0.1, -0.05) is 24.9 Å². The van der Waals surface area contributed by atoms with Crippen molar-refractivity contribution in [3.63, 3.8) is 0 Å². The largest absolute Gasteiger partial charge is 0.396 e. The van der Waals surface area contributed by atoms with Gasteiger partial charge in [0.05, 0.1) is 0 Å². The van der Waals surface area contributed by atoms with E-state index in [0.717, 1.165) is 25.8 Å². The van der Waals surface area contributed by atoms with E-state index in [-0.39, 0.29) is 6.61 Å². The highest BCUT2D eigenvalue weighted by molar-refractivity contribution is 6.31. The van der Waals surface area contributed by atoms with Gasteiger partial charge in [-0.15, -0.1) is 0 Å². The van der Waals surface area contributed by atoms with Crippen molar-refractivity contribution in [1.82, 2.24) is 9.97 Å². The molecule has 1 rings (SSSR count). The van der Waals surface area contributed by atoms with Gasteiger partial charge in [-0.3, -0.25) is 0 Å². The quantitative estimate of drug-likeness (QED) is 0.772. The lowest BCUT2D eigenvalue weighted by atomic mass is 10.0. The van der Waals surface area contributed by atoms with Gasteiger partial charge in [0.2, 0.25) is 0 Å². The fraction of sp³-hybridized carbons (Fsp3) is 0.636. The lowest BCUT2D eigenvalue weighted by Gasteiger charge is -2.16. The fourth-order valence-electron chi connectivity index (χ4n) is 1.62. The van der Waals surface area contributed by atoms with E-state index in [1.54, 1.807) is 12.4 Å². The van der Waals surface area contributed by atoms with Crippen molar-refractivity contribution in [2.75, 3.05) is 18.5 Å². The maximum atomic E-state index is 8.93. The molecule has 0 saturated heterocycles. The summed E-state index contributed by atoms with van der Waals surface area (Å²) in [6.07, 6.45) is 6.17. The molecule has 1 aromatic heterocycles. The van der Waals surface area contributed by atoms with Crippen LogP contribution in [0, 0.1) is 5.92 Å². The second-order valence-electron chi connectivity index (χ2n) is 3.74. The van der Waals surface area contributed by atoms with Gasteiger partial charge in [-0.25, -0.2) is 9.97 Å². The number of aromatic nitrogens is 2. The second-order valence-corrected chi connectivity index (χ2v) is 4.10. The Kier molecular flexibility index (Phi) is 6.11. The molecule has 1 aromatic rings. The summed E-state index contributed by atoms with van der Waals surface area (Å²) >= 11 is 5.88. The Labute approximate surface area is 101 Å². The summed E-state index contributed by atoms with van der Waals surface area (Å²) in [5.41, 5.74) is 0. The van der Waals surface area contributed by atoms with Gasteiger partial charge in [0, 0.05) is 25.5 Å². The van der Waals surface area contributed by atoms with E-state index in [2.05, 4.69) is 22.2 Å². The summed E-state index contributed by atoms with van der Waals surface area (Å²) in [6, 6.07) is 0. The van der Waals surface area contributed by atoms with Crippen LogP contribution >= 0.6 is 11.6 Å². The van der Waals surface area contributed by atoms with Crippen molar-refractivity contribution >= 4 is 17.4 Å². The van der Waals surface area contributed by atoms with Crippen molar-refractivity contribution < 1.29 is 5.11 Å². The summed E-state index contributed by atoms with van der Waals surface area (Å²) in [5.74, 6) is 1.07. The summed E-state index contributed by atoms with van der Waals surface area (Å²) in [5, 5.41) is 12.5. The van der Waals surface area contributed by atoms with Crippen LogP contribution in [-0.4, -0.2) is 28.2 Å². The zero-order valence-corrected chi connectivity index (χ0v) is 10.2. The molecular weight excluding hydrogens is 226 g/mol. The number of hydrogen-bond acceptors (Lipinski definition) is 4. The maximum Gasteiger partial charge on any atom is 0.171 e. The van der Waals surface area contributed by atoms with E-state index in [1.165, 1.54) is 0 Å². The molecule has 5 heteroatoms. The number of aliphatic hydroxyl groups excluding tert-OH is 1. The molecule has 1 heterocycles. The SMILES string of the molecule is CCCC(CCO)CNc1nccnc1Cl. The predicted molar refractivity (Wildman–Crippen MR) is 65.6 cm³/mol. The first-order valence-electron chi connectivity index (χ1n) is 5.59. The molecule has 1 atom stereocenters. The number of rotatable bonds is 7. The molecule has 0 radical (unpaired) electrons. The lowest BCUT2D eigenvalue weighted by Crippen LogP contribution is -2.16. The van der Waals surface area contributed by atoms with Gasteiger partial charge >= 0.3 is 0 Å². The molecule has 4 nitrogen and oxygen atoms in total. The number of nitrogens with one attached hydrogen (secondary N) is 1. The molecule has 0 bridgehead atoms. The number of nitrogens with zero attached hydrogens (tertiary/aromatic N) is 2. The Bertz CT molecular complexity index is 303. The van der Waals surface area contributed by atoms with Crippen LogP contribution in [0.4, 0.5) is 5.82 Å². The molecule has 0 aromatic carbocycles. The number of hydrogen-bond donors (Lipinski definition) is 2. The van der Waals surface area contributed by atoms with Gasteiger partial charge in [-0.2, -0.15) is 0 Å². The molecule has 0 saturated carbocycles. The first-order valence-corrected chi connectivity index (χ1v) is 5.97. The average Bonchev–Trinajstić information content (AvgIpc) is 2.28. The normalized spacial score (nSPS) is 12.4. The Morgan fingerprint density at radius 1 is 1.38 bits per heavy atom. The Morgan fingerprint density at radius 2 is 2.12 bits per heavy atom. The van der Waals surface area contributed by atoms with E-state index in [4.69, 9.17) is 16.7 Å². The highest BCUT2D eigenvalue weighted by Gasteiger charge is 2.08. The molecule has 0 aliphatic carbocycles. The first kappa shape index (κ1) is 13.2. The highest BCUT2D eigenvalue weighted by atomic mass is 35.5. The summed E-state index contributed by atoms with van der Waals surface area (Å²) in [6.45, 7) is 3.13. The lowest BCUT2D eigenvalue weighted by molar-refractivity contribution is 0.255. The van der Waals surface area contributed by atoms with Gasteiger partial charge in [0.1, 0.15) is 0 Å². The third-order valence-electron chi connectivity index (χ3n) is 2.45. The fourth-order valence-corrected chi connectivity index (χ4v) is 1.79.